The van der Waals surface area contributed by atoms with Crippen molar-refractivity contribution in [3.63, 3.8) is 0 Å². The highest BCUT2D eigenvalue weighted by Gasteiger charge is 2.27. The monoisotopic (exact) mass is 227 g/mol. The molecule has 0 saturated carbocycles. The summed E-state index contributed by atoms with van der Waals surface area (Å²) in [5.74, 6) is -0.708. The Kier molecular flexibility index (Phi) is 6.46. The summed E-state index contributed by atoms with van der Waals surface area (Å²) in [6, 6.07) is -0.599. The van der Waals surface area contributed by atoms with Gasteiger partial charge in [0.05, 0.1) is 6.10 Å². The maximum absolute atomic E-state index is 11.7. The van der Waals surface area contributed by atoms with Gasteiger partial charge in [-0.2, -0.15) is 0 Å². The molecule has 1 N–H and O–H groups in total. The van der Waals surface area contributed by atoms with E-state index in [1.807, 2.05) is 13.8 Å². The molecule has 0 aliphatic carbocycles. The van der Waals surface area contributed by atoms with E-state index in [0.717, 1.165) is 12.5 Å². The average Bonchev–Trinajstić information content (AvgIpc) is 2.23. The molecule has 0 aliphatic heterocycles. The predicted molar refractivity (Wildman–Crippen MR) is 62.8 cm³/mol. The van der Waals surface area contributed by atoms with Crippen LogP contribution in [0.5, 0.6) is 0 Å². The van der Waals surface area contributed by atoms with Crippen LogP contribution in [0.2, 0.25) is 0 Å². The van der Waals surface area contributed by atoms with Gasteiger partial charge in [0.15, 0.2) is 0 Å². The number of carbonyl (C=O) groups excluding carboxylic acids is 2. The van der Waals surface area contributed by atoms with E-state index in [2.05, 4.69) is 11.9 Å². The van der Waals surface area contributed by atoms with Crippen molar-refractivity contribution in [2.24, 2.45) is 5.92 Å². The van der Waals surface area contributed by atoms with Crippen molar-refractivity contribution >= 4 is 11.9 Å². The Labute approximate surface area is 97.1 Å². The largest absolute Gasteiger partial charge is 0.461 e. The van der Waals surface area contributed by atoms with Crippen LogP contribution in [-0.4, -0.2) is 24.0 Å². The molecule has 92 valence electrons. The van der Waals surface area contributed by atoms with Gasteiger partial charge in [-0.1, -0.05) is 26.8 Å². The van der Waals surface area contributed by atoms with Gasteiger partial charge in [0, 0.05) is 0 Å². The van der Waals surface area contributed by atoms with Crippen molar-refractivity contribution in [2.45, 2.75) is 46.3 Å². The first-order chi connectivity index (χ1) is 7.42. The number of ether oxygens (including phenoxy) is 1. The third kappa shape index (κ3) is 4.96. The van der Waals surface area contributed by atoms with Gasteiger partial charge in [0.1, 0.15) is 6.04 Å². The molecular weight excluding hydrogens is 206 g/mol. The van der Waals surface area contributed by atoms with Crippen LogP contribution in [0.3, 0.4) is 0 Å². The lowest BCUT2D eigenvalue weighted by atomic mass is 9.99. The van der Waals surface area contributed by atoms with Crippen molar-refractivity contribution in [3.05, 3.63) is 12.7 Å². The fraction of sp³-hybridized carbons (Fsp3) is 0.667. The second kappa shape index (κ2) is 7.04. The lowest BCUT2D eigenvalue weighted by molar-refractivity contribution is -0.152. The molecule has 4 nitrogen and oxygen atoms in total. The van der Waals surface area contributed by atoms with E-state index >= 15 is 0 Å². The number of hydrogen-bond donors (Lipinski definition) is 1. The Balaban J connectivity index is 4.59. The SMILES string of the molecule is C=CC(=O)NC(C(=O)OC(C)C)C(C)CC. The second-order valence-electron chi connectivity index (χ2n) is 4.06. The summed E-state index contributed by atoms with van der Waals surface area (Å²) in [6.07, 6.45) is 1.76. The molecule has 0 saturated heterocycles. The van der Waals surface area contributed by atoms with Crippen molar-refractivity contribution in [1.29, 1.82) is 0 Å². The maximum Gasteiger partial charge on any atom is 0.329 e. The minimum atomic E-state index is -0.599. The summed E-state index contributed by atoms with van der Waals surface area (Å²) in [4.78, 5) is 22.9. The third-order valence-electron chi connectivity index (χ3n) is 2.30. The maximum atomic E-state index is 11.7. The molecule has 0 aromatic heterocycles. The molecular formula is C12H21NO3. The molecule has 0 radical (unpaired) electrons. The molecule has 0 fully saturated rings. The van der Waals surface area contributed by atoms with Gasteiger partial charge in [-0.05, 0) is 25.8 Å². The number of esters is 1. The van der Waals surface area contributed by atoms with Gasteiger partial charge < -0.3 is 10.1 Å². The van der Waals surface area contributed by atoms with Crippen LogP contribution >= 0.6 is 0 Å². The van der Waals surface area contributed by atoms with Gasteiger partial charge >= 0.3 is 5.97 Å². The minimum Gasteiger partial charge on any atom is -0.461 e. The van der Waals surface area contributed by atoms with Crippen LogP contribution in [0.4, 0.5) is 0 Å². The summed E-state index contributed by atoms with van der Waals surface area (Å²) >= 11 is 0. The van der Waals surface area contributed by atoms with E-state index in [1.54, 1.807) is 13.8 Å². The Bertz CT molecular complexity index is 261. The average molecular weight is 227 g/mol. The zero-order valence-corrected chi connectivity index (χ0v) is 10.4. The number of amides is 1. The normalized spacial score (nSPS) is 14.1. The van der Waals surface area contributed by atoms with Gasteiger partial charge in [-0.15, -0.1) is 0 Å². The van der Waals surface area contributed by atoms with Crippen LogP contribution in [-0.2, 0) is 14.3 Å². The highest BCUT2D eigenvalue weighted by molar-refractivity contribution is 5.91. The van der Waals surface area contributed by atoms with Crippen LogP contribution < -0.4 is 5.32 Å². The minimum absolute atomic E-state index is 0.0372. The lowest BCUT2D eigenvalue weighted by Crippen LogP contribution is -2.46. The van der Waals surface area contributed by atoms with Crippen molar-refractivity contribution in [3.8, 4) is 0 Å². The lowest BCUT2D eigenvalue weighted by Gasteiger charge is -2.23. The number of hydrogen-bond acceptors (Lipinski definition) is 3. The molecule has 0 bridgehead atoms. The molecule has 0 rings (SSSR count). The zero-order chi connectivity index (χ0) is 12.7. The molecule has 4 heteroatoms. The van der Waals surface area contributed by atoms with E-state index in [-0.39, 0.29) is 23.9 Å². The molecule has 2 atom stereocenters. The van der Waals surface area contributed by atoms with Crippen LogP contribution in [0.15, 0.2) is 12.7 Å². The smallest absolute Gasteiger partial charge is 0.329 e. The fourth-order valence-corrected chi connectivity index (χ4v) is 1.19. The van der Waals surface area contributed by atoms with E-state index in [1.165, 1.54) is 0 Å². The third-order valence-corrected chi connectivity index (χ3v) is 2.30. The Morgan fingerprint density at radius 2 is 1.94 bits per heavy atom. The fourth-order valence-electron chi connectivity index (χ4n) is 1.19. The van der Waals surface area contributed by atoms with Gasteiger partial charge in [-0.3, -0.25) is 4.79 Å². The van der Waals surface area contributed by atoms with Crippen LogP contribution in [0.1, 0.15) is 34.1 Å². The quantitative estimate of drug-likeness (QED) is 0.554. The number of rotatable bonds is 6. The highest BCUT2D eigenvalue weighted by atomic mass is 16.5. The molecule has 2 unspecified atom stereocenters. The molecule has 0 aromatic carbocycles. The van der Waals surface area contributed by atoms with Gasteiger partial charge in [0.25, 0.3) is 0 Å². The summed E-state index contributed by atoms with van der Waals surface area (Å²) < 4.78 is 5.09. The Hall–Kier alpha value is -1.32. The summed E-state index contributed by atoms with van der Waals surface area (Å²) in [6.45, 7) is 10.8. The topological polar surface area (TPSA) is 55.4 Å². The highest BCUT2D eigenvalue weighted by Crippen LogP contribution is 2.10. The molecule has 0 aliphatic rings. The first kappa shape index (κ1) is 14.7. The van der Waals surface area contributed by atoms with Crippen LogP contribution in [0, 0.1) is 5.92 Å². The summed E-state index contributed by atoms with van der Waals surface area (Å²) in [7, 11) is 0. The standard InChI is InChI=1S/C12H21NO3/c1-6-9(5)11(13-10(14)7-2)12(15)16-8(3)4/h7-9,11H,2,6H2,1,3-5H3,(H,13,14). The van der Waals surface area contributed by atoms with Gasteiger partial charge in [-0.25, -0.2) is 4.79 Å². The molecule has 1 amide bonds. The molecule has 0 heterocycles. The van der Waals surface area contributed by atoms with E-state index < -0.39 is 6.04 Å². The summed E-state index contributed by atoms with van der Waals surface area (Å²) in [5.41, 5.74) is 0. The molecule has 0 spiro atoms. The van der Waals surface area contributed by atoms with Crippen molar-refractivity contribution < 1.29 is 14.3 Å². The first-order valence-electron chi connectivity index (χ1n) is 5.55. The summed E-state index contributed by atoms with van der Waals surface area (Å²) in [5, 5.41) is 2.59. The van der Waals surface area contributed by atoms with Gasteiger partial charge in [0.2, 0.25) is 5.91 Å². The number of carbonyl (C=O) groups is 2. The second-order valence-corrected chi connectivity index (χ2v) is 4.06. The van der Waals surface area contributed by atoms with Crippen molar-refractivity contribution in [1.82, 2.24) is 5.32 Å². The number of nitrogens with one attached hydrogen (secondary N) is 1. The molecule has 0 aromatic rings. The Morgan fingerprint density at radius 3 is 2.31 bits per heavy atom. The Morgan fingerprint density at radius 1 is 1.38 bits per heavy atom. The molecule has 16 heavy (non-hydrogen) atoms. The van der Waals surface area contributed by atoms with E-state index in [9.17, 15) is 9.59 Å². The first-order valence-corrected chi connectivity index (χ1v) is 5.55. The zero-order valence-electron chi connectivity index (χ0n) is 10.4. The van der Waals surface area contributed by atoms with Crippen molar-refractivity contribution in [2.75, 3.05) is 0 Å². The predicted octanol–water partition coefficient (Wildman–Crippen LogP) is 1.65. The van der Waals surface area contributed by atoms with E-state index in [0.29, 0.717) is 0 Å². The van der Waals surface area contributed by atoms with Crippen LogP contribution in [0.25, 0.3) is 0 Å². The van der Waals surface area contributed by atoms with E-state index in [4.69, 9.17) is 4.74 Å².